The summed E-state index contributed by atoms with van der Waals surface area (Å²) in [6, 6.07) is 16.3. The average molecular weight is 435 g/mol. The number of halogens is 1. The van der Waals surface area contributed by atoms with Crippen LogP contribution in [0.3, 0.4) is 0 Å². The van der Waals surface area contributed by atoms with E-state index in [9.17, 15) is 4.79 Å². The van der Waals surface area contributed by atoms with E-state index >= 15 is 0 Å². The van der Waals surface area contributed by atoms with Gasteiger partial charge in [-0.1, -0.05) is 73.5 Å². The number of tetrazole rings is 1. The SMILES string of the molecule is CCCCc1nc(Cl)c(C=O)n1Cc1ccc(-c2ccccc2-c2nnnn2C)cc1. The van der Waals surface area contributed by atoms with Gasteiger partial charge >= 0.3 is 0 Å². The summed E-state index contributed by atoms with van der Waals surface area (Å²) in [5.41, 5.74) is 4.57. The highest BCUT2D eigenvalue weighted by atomic mass is 35.5. The molecule has 7 nitrogen and oxygen atoms in total. The van der Waals surface area contributed by atoms with Crippen molar-refractivity contribution in [3.05, 3.63) is 70.8 Å². The molecule has 0 atom stereocenters. The summed E-state index contributed by atoms with van der Waals surface area (Å²) < 4.78 is 3.58. The predicted octanol–water partition coefficient (Wildman–Crippen LogP) is 4.60. The summed E-state index contributed by atoms with van der Waals surface area (Å²) in [5.74, 6) is 1.56. The smallest absolute Gasteiger partial charge is 0.182 e. The molecule has 31 heavy (non-hydrogen) atoms. The standard InChI is InChI=1S/C23H23ClN6O/c1-3-4-9-21-25-22(24)20(15-31)30(21)14-16-10-12-17(13-11-16)18-7-5-6-8-19(18)23-26-27-28-29(23)2/h5-8,10-13,15H,3-4,9,14H2,1-2H3. The third kappa shape index (κ3) is 4.27. The van der Waals surface area contributed by atoms with Crippen LogP contribution < -0.4 is 0 Å². The lowest BCUT2D eigenvalue weighted by Crippen LogP contribution is -2.08. The van der Waals surface area contributed by atoms with Crippen LogP contribution in [0.15, 0.2) is 48.5 Å². The van der Waals surface area contributed by atoms with Gasteiger partial charge in [0, 0.05) is 25.6 Å². The van der Waals surface area contributed by atoms with Crippen LogP contribution in [-0.2, 0) is 20.0 Å². The summed E-state index contributed by atoms with van der Waals surface area (Å²) in [7, 11) is 1.83. The number of carbonyl (C=O) groups excluding carboxylic acids is 1. The number of aldehydes is 1. The lowest BCUT2D eigenvalue weighted by Gasteiger charge is -2.12. The lowest BCUT2D eigenvalue weighted by atomic mass is 9.98. The maximum Gasteiger partial charge on any atom is 0.182 e. The molecule has 0 aliphatic heterocycles. The minimum absolute atomic E-state index is 0.268. The maximum atomic E-state index is 11.6. The summed E-state index contributed by atoms with van der Waals surface area (Å²) in [6.45, 7) is 2.67. The number of hydrogen-bond donors (Lipinski definition) is 0. The Morgan fingerprint density at radius 1 is 1.06 bits per heavy atom. The van der Waals surface area contributed by atoms with E-state index < -0.39 is 0 Å². The van der Waals surface area contributed by atoms with Gasteiger partial charge < -0.3 is 4.57 Å². The Morgan fingerprint density at radius 3 is 2.45 bits per heavy atom. The summed E-state index contributed by atoms with van der Waals surface area (Å²) in [6.07, 6.45) is 3.62. The molecule has 0 spiro atoms. The minimum Gasteiger partial charge on any atom is -0.320 e. The van der Waals surface area contributed by atoms with Gasteiger partial charge in [0.1, 0.15) is 11.5 Å². The first kappa shape index (κ1) is 20.9. The summed E-state index contributed by atoms with van der Waals surface area (Å²) >= 11 is 6.20. The van der Waals surface area contributed by atoms with Crippen LogP contribution in [0.1, 0.15) is 41.6 Å². The molecule has 2 heterocycles. The minimum atomic E-state index is 0.268. The predicted molar refractivity (Wildman–Crippen MR) is 120 cm³/mol. The number of unbranched alkanes of at least 4 members (excludes halogenated alkanes) is 1. The van der Waals surface area contributed by atoms with Gasteiger partial charge in [0.15, 0.2) is 17.3 Å². The highest BCUT2D eigenvalue weighted by molar-refractivity contribution is 6.31. The zero-order valence-electron chi connectivity index (χ0n) is 17.5. The fourth-order valence-electron chi connectivity index (χ4n) is 3.66. The molecule has 4 aromatic rings. The van der Waals surface area contributed by atoms with Crippen molar-refractivity contribution in [2.24, 2.45) is 7.05 Å². The first-order valence-corrected chi connectivity index (χ1v) is 10.6. The van der Waals surface area contributed by atoms with Crippen LogP contribution >= 0.6 is 11.6 Å². The first-order valence-electron chi connectivity index (χ1n) is 10.2. The molecule has 0 bridgehead atoms. The summed E-state index contributed by atoms with van der Waals surface area (Å²) in [5, 5.41) is 12.1. The van der Waals surface area contributed by atoms with Crippen LogP contribution in [0, 0.1) is 0 Å². The maximum absolute atomic E-state index is 11.6. The second kappa shape index (κ2) is 9.22. The molecular formula is C23H23ClN6O. The van der Waals surface area contributed by atoms with Crippen LogP contribution in [0.5, 0.6) is 0 Å². The number of aromatic nitrogens is 6. The second-order valence-electron chi connectivity index (χ2n) is 7.38. The third-order valence-electron chi connectivity index (χ3n) is 5.30. The van der Waals surface area contributed by atoms with Gasteiger partial charge in [-0.25, -0.2) is 9.67 Å². The van der Waals surface area contributed by atoms with Crippen LogP contribution in [0.4, 0.5) is 0 Å². The Labute approximate surface area is 185 Å². The fourth-order valence-corrected chi connectivity index (χ4v) is 3.90. The average Bonchev–Trinajstić information content (AvgIpc) is 3.35. The summed E-state index contributed by atoms with van der Waals surface area (Å²) in [4.78, 5) is 16.0. The van der Waals surface area contributed by atoms with E-state index in [2.05, 4.69) is 57.8 Å². The van der Waals surface area contributed by atoms with Gasteiger partial charge in [-0.15, -0.1) is 5.10 Å². The third-order valence-corrected chi connectivity index (χ3v) is 5.58. The molecule has 0 N–H and O–H groups in total. The molecule has 0 saturated heterocycles. The van der Waals surface area contributed by atoms with Crippen LogP contribution in [0.2, 0.25) is 5.15 Å². The van der Waals surface area contributed by atoms with Crippen LogP contribution in [-0.4, -0.2) is 36.0 Å². The highest BCUT2D eigenvalue weighted by Gasteiger charge is 2.16. The van der Waals surface area contributed by atoms with Crippen molar-refractivity contribution in [2.75, 3.05) is 0 Å². The quantitative estimate of drug-likeness (QED) is 0.379. The first-order chi connectivity index (χ1) is 15.1. The number of imidazole rings is 1. The van der Waals surface area contributed by atoms with E-state index in [0.29, 0.717) is 18.1 Å². The number of aryl methyl sites for hydroxylation is 2. The van der Waals surface area contributed by atoms with Crippen molar-refractivity contribution in [3.63, 3.8) is 0 Å². The van der Waals surface area contributed by atoms with E-state index in [1.54, 1.807) is 4.68 Å². The van der Waals surface area contributed by atoms with E-state index in [4.69, 9.17) is 11.6 Å². The van der Waals surface area contributed by atoms with Crippen LogP contribution in [0.25, 0.3) is 22.5 Å². The van der Waals surface area contributed by atoms with Gasteiger partial charge in [0.05, 0.1) is 0 Å². The van der Waals surface area contributed by atoms with E-state index in [1.807, 2.05) is 29.8 Å². The van der Waals surface area contributed by atoms with Gasteiger partial charge in [-0.3, -0.25) is 4.79 Å². The number of benzene rings is 2. The van der Waals surface area contributed by atoms with Gasteiger partial charge in [0.2, 0.25) is 0 Å². The molecule has 4 rings (SSSR count). The van der Waals surface area contributed by atoms with Crippen molar-refractivity contribution in [1.29, 1.82) is 0 Å². The number of hydrogen-bond acceptors (Lipinski definition) is 5. The molecule has 0 unspecified atom stereocenters. The Bertz CT molecular complexity index is 1200. The van der Waals surface area contributed by atoms with Gasteiger partial charge in [0.25, 0.3) is 0 Å². The molecule has 0 aliphatic rings. The topological polar surface area (TPSA) is 78.5 Å². The molecule has 0 amide bonds. The molecule has 2 aromatic heterocycles. The fraction of sp³-hybridized carbons (Fsp3) is 0.261. The van der Waals surface area contributed by atoms with Crippen molar-refractivity contribution in [2.45, 2.75) is 32.7 Å². The zero-order chi connectivity index (χ0) is 21.8. The number of nitrogens with zero attached hydrogens (tertiary/aromatic N) is 6. The molecule has 0 radical (unpaired) electrons. The van der Waals surface area contributed by atoms with Gasteiger partial charge in [-0.05, 0) is 33.5 Å². The molecule has 0 saturated carbocycles. The van der Waals surface area contributed by atoms with E-state index in [1.165, 1.54) is 0 Å². The molecular weight excluding hydrogens is 412 g/mol. The Kier molecular flexibility index (Phi) is 6.23. The molecule has 158 valence electrons. The Hall–Kier alpha value is -3.32. The van der Waals surface area contributed by atoms with Crippen molar-refractivity contribution < 1.29 is 4.79 Å². The molecule has 8 heteroatoms. The zero-order valence-corrected chi connectivity index (χ0v) is 18.3. The Morgan fingerprint density at radius 2 is 1.81 bits per heavy atom. The second-order valence-corrected chi connectivity index (χ2v) is 7.74. The molecule has 0 fully saturated rings. The lowest BCUT2D eigenvalue weighted by molar-refractivity contribution is 0.111. The van der Waals surface area contributed by atoms with Crippen molar-refractivity contribution in [1.82, 2.24) is 29.8 Å². The molecule has 2 aromatic carbocycles. The molecule has 0 aliphatic carbocycles. The number of rotatable bonds is 8. The largest absolute Gasteiger partial charge is 0.320 e. The van der Waals surface area contributed by atoms with E-state index in [-0.39, 0.29) is 5.15 Å². The van der Waals surface area contributed by atoms with E-state index in [0.717, 1.165) is 53.6 Å². The van der Waals surface area contributed by atoms with Crippen molar-refractivity contribution in [3.8, 4) is 22.5 Å². The monoisotopic (exact) mass is 434 g/mol. The number of carbonyl (C=O) groups is 1. The van der Waals surface area contributed by atoms with Gasteiger partial charge in [-0.2, -0.15) is 0 Å². The van der Waals surface area contributed by atoms with Crippen molar-refractivity contribution >= 4 is 17.9 Å². The highest BCUT2D eigenvalue weighted by Crippen LogP contribution is 2.30. The Balaban J connectivity index is 1.64. The normalized spacial score (nSPS) is 11.1.